The van der Waals surface area contributed by atoms with Crippen molar-refractivity contribution in [1.29, 1.82) is 0 Å². The Labute approximate surface area is 216 Å². The summed E-state index contributed by atoms with van der Waals surface area (Å²) in [5.74, 6) is 0.0468. The second-order valence-corrected chi connectivity index (χ2v) is 15.8. The third kappa shape index (κ3) is 2.69. The molecule has 0 aromatic rings. The van der Waals surface area contributed by atoms with Gasteiger partial charge in [-0.3, -0.25) is 4.79 Å². The minimum Gasteiger partial charge on any atom is -0.393 e. The third-order valence-electron chi connectivity index (χ3n) is 13.5. The maximum atomic E-state index is 12.9. The molecule has 0 bridgehead atoms. The molecular weight excluding hydrogens is 456 g/mol. The average Bonchev–Trinajstić information content (AvgIpc) is 3.15. The second-order valence-electron chi connectivity index (χ2n) is 15.8. The molecule has 2 spiro atoms. The van der Waals surface area contributed by atoms with E-state index in [1.54, 1.807) is 13.8 Å². The highest BCUT2D eigenvalue weighted by atomic mass is 16.5. The quantitative estimate of drug-likeness (QED) is 0.458. The molecule has 6 aliphatic rings. The lowest BCUT2D eigenvalue weighted by atomic mass is 9.40. The van der Waals surface area contributed by atoms with E-state index in [2.05, 4.69) is 20.8 Å². The van der Waals surface area contributed by atoms with Crippen LogP contribution in [0.1, 0.15) is 99.8 Å². The highest BCUT2D eigenvalue weighted by molar-refractivity contribution is 5.86. The average molecular weight is 505 g/mol. The van der Waals surface area contributed by atoms with Gasteiger partial charge in [-0.05, 0) is 87.9 Å². The van der Waals surface area contributed by atoms with E-state index in [1.807, 2.05) is 13.8 Å². The van der Waals surface area contributed by atoms with Crippen molar-refractivity contribution >= 4 is 5.78 Å². The predicted octanol–water partition coefficient (Wildman–Crippen LogP) is 3.62. The van der Waals surface area contributed by atoms with Crippen LogP contribution in [0.4, 0.5) is 0 Å². The molecule has 0 aromatic carbocycles. The van der Waals surface area contributed by atoms with Gasteiger partial charge in [-0.25, -0.2) is 0 Å². The Kier molecular flexibility index (Phi) is 4.98. The van der Waals surface area contributed by atoms with Crippen LogP contribution >= 0.6 is 0 Å². The van der Waals surface area contributed by atoms with E-state index in [-0.39, 0.29) is 51.3 Å². The molecule has 6 fully saturated rings. The number of fused-ring (bicyclic) bond motifs is 2. The fraction of sp³-hybridized carbons (Fsp3) is 0.967. The van der Waals surface area contributed by atoms with Crippen molar-refractivity contribution in [3.8, 4) is 0 Å². The summed E-state index contributed by atoms with van der Waals surface area (Å²) in [4.78, 5) is 12.9. The zero-order chi connectivity index (χ0) is 26.5. The largest absolute Gasteiger partial charge is 0.393 e. The number of hydrogen-bond acceptors (Lipinski definition) is 6. The Bertz CT molecular complexity index is 986. The predicted molar refractivity (Wildman–Crippen MR) is 135 cm³/mol. The minimum absolute atomic E-state index is 0.0868. The Hall–Kier alpha value is -0.530. The molecule has 6 heteroatoms. The van der Waals surface area contributed by atoms with Gasteiger partial charge in [-0.1, -0.05) is 27.7 Å². The maximum Gasteiger partial charge on any atom is 0.138 e. The van der Waals surface area contributed by atoms with Gasteiger partial charge in [0.2, 0.25) is 0 Å². The lowest BCUT2D eigenvalue weighted by Gasteiger charge is -2.65. The molecule has 1 aliphatic heterocycles. The summed E-state index contributed by atoms with van der Waals surface area (Å²) in [5.41, 5.74) is -3.24. The van der Waals surface area contributed by atoms with Crippen LogP contribution in [0.2, 0.25) is 0 Å². The molecule has 5 saturated carbocycles. The number of aliphatic hydroxyl groups excluding tert-OH is 3. The number of ketones is 1. The monoisotopic (exact) mass is 504 g/mol. The van der Waals surface area contributed by atoms with Crippen molar-refractivity contribution in [2.75, 3.05) is 0 Å². The molecule has 36 heavy (non-hydrogen) atoms. The Morgan fingerprint density at radius 1 is 0.917 bits per heavy atom. The van der Waals surface area contributed by atoms with Crippen molar-refractivity contribution in [1.82, 2.24) is 0 Å². The van der Waals surface area contributed by atoms with Crippen LogP contribution < -0.4 is 0 Å². The molecular formula is C30H48O6. The van der Waals surface area contributed by atoms with Gasteiger partial charge < -0.3 is 25.2 Å². The van der Waals surface area contributed by atoms with Crippen molar-refractivity contribution in [3.05, 3.63) is 0 Å². The van der Waals surface area contributed by atoms with Gasteiger partial charge >= 0.3 is 0 Å². The van der Waals surface area contributed by atoms with E-state index in [1.165, 1.54) is 0 Å². The SMILES string of the molecule is CC(C)(O)[C@H]1CC[C@@](C)([C@H]2[C@H](O)C[C@@]3(C)[C@@H]4C[C@H](O)[C@H]5C(C)(C)C(=O)CC[C@@]56C[C@@]46[C@H](O)C[C@]23C)O1. The van der Waals surface area contributed by atoms with Crippen molar-refractivity contribution < 1.29 is 30.0 Å². The molecule has 1 heterocycles. The van der Waals surface area contributed by atoms with Gasteiger partial charge in [0.05, 0.1) is 35.6 Å². The summed E-state index contributed by atoms with van der Waals surface area (Å²) in [6.07, 6.45) is 3.55. The van der Waals surface area contributed by atoms with Gasteiger partial charge in [-0.2, -0.15) is 0 Å². The topological polar surface area (TPSA) is 107 Å². The first-order valence-corrected chi connectivity index (χ1v) is 14.4. The summed E-state index contributed by atoms with van der Waals surface area (Å²) in [7, 11) is 0. The smallest absolute Gasteiger partial charge is 0.138 e. The molecule has 1 saturated heterocycles. The highest BCUT2D eigenvalue weighted by Crippen LogP contribution is 2.88. The van der Waals surface area contributed by atoms with E-state index < -0.39 is 34.9 Å². The van der Waals surface area contributed by atoms with Crippen molar-refractivity contribution in [3.63, 3.8) is 0 Å². The molecule has 0 radical (unpaired) electrons. The van der Waals surface area contributed by atoms with Crippen LogP contribution in [0.3, 0.4) is 0 Å². The van der Waals surface area contributed by atoms with E-state index in [9.17, 15) is 25.2 Å². The third-order valence-corrected chi connectivity index (χ3v) is 13.5. The minimum atomic E-state index is -0.949. The van der Waals surface area contributed by atoms with E-state index in [0.717, 1.165) is 25.7 Å². The maximum absolute atomic E-state index is 12.9. The van der Waals surface area contributed by atoms with E-state index in [4.69, 9.17) is 4.74 Å². The Morgan fingerprint density at radius 3 is 2.19 bits per heavy atom. The Balaban J connectivity index is 1.41. The molecule has 204 valence electrons. The fourth-order valence-corrected chi connectivity index (χ4v) is 12.0. The lowest BCUT2D eigenvalue weighted by Crippen LogP contribution is -2.65. The van der Waals surface area contributed by atoms with E-state index >= 15 is 0 Å². The number of aliphatic hydroxyl groups is 4. The van der Waals surface area contributed by atoms with Crippen LogP contribution in [-0.4, -0.2) is 61.8 Å². The van der Waals surface area contributed by atoms with Crippen LogP contribution in [0.15, 0.2) is 0 Å². The van der Waals surface area contributed by atoms with Gasteiger partial charge in [-0.15, -0.1) is 0 Å². The molecule has 4 N–H and O–H groups in total. The number of hydrogen-bond donors (Lipinski definition) is 4. The summed E-state index contributed by atoms with van der Waals surface area (Å²) >= 11 is 0. The molecule has 5 aliphatic carbocycles. The number of Topliss-reactive ketones (excluding diaryl/α,β-unsaturated/α-hetero) is 1. The molecule has 6 nitrogen and oxygen atoms in total. The zero-order valence-corrected chi connectivity index (χ0v) is 23.3. The molecule has 6 rings (SSSR count). The van der Waals surface area contributed by atoms with Gasteiger partial charge in [0.1, 0.15) is 5.78 Å². The Morgan fingerprint density at radius 2 is 1.58 bits per heavy atom. The lowest BCUT2D eigenvalue weighted by molar-refractivity contribution is -0.230. The fourth-order valence-electron chi connectivity index (χ4n) is 12.0. The summed E-state index contributed by atoms with van der Waals surface area (Å²) < 4.78 is 6.60. The van der Waals surface area contributed by atoms with Crippen LogP contribution in [0.25, 0.3) is 0 Å². The molecule has 0 aromatic heterocycles. The van der Waals surface area contributed by atoms with Gasteiger partial charge in [0, 0.05) is 29.1 Å². The van der Waals surface area contributed by atoms with Crippen LogP contribution in [0, 0.1) is 44.8 Å². The number of rotatable bonds is 2. The summed E-state index contributed by atoms with van der Waals surface area (Å²) in [6, 6.07) is 0. The first kappa shape index (κ1) is 25.7. The first-order valence-electron chi connectivity index (χ1n) is 14.4. The van der Waals surface area contributed by atoms with Crippen LogP contribution in [0.5, 0.6) is 0 Å². The number of ether oxygens (including phenoxy) is 1. The zero-order valence-electron chi connectivity index (χ0n) is 23.3. The second kappa shape index (κ2) is 6.96. The summed E-state index contributed by atoms with van der Waals surface area (Å²) in [5, 5.41) is 46.1. The molecule has 0 amide bonds. The highest BCUT2D eigenvalue weighted by Gasteiger charge is 2.87. The molecule has 0 unspecified atom stereocenters. The van der Waals surface area contributed by atoms with Crippen molar-refractivity contribution in [2.45, 2.75) is 135 Å². The van der Waals surface area contributed by atoms with E-state index in [0.29, 0.717) is 25.7 Å². The standard InChI is InChI=1S/C30H48O6/c1-24(2)19(33)8-11-29-15-30(29)18(12-16(31)22(24)29)26(5)13-17(32)23(27(26,6)14-20(30)34)28(7)10-9-21(36-28)25(3,4)35/h16-18,20-23,31-32,34-35H,8-15H2,1-7H3/t16-,17+,18-,20+,21+,22-,23-,26-,27+,28-,29+,30-/m0/s1. The molecule has 12 atom stereocenters. The summed E-state index contributed by atoms with van der Waals surface area (Å²) in [6.45, 7) is 14.2. The van der Waals surface area contributed by atoms with Crippen LogP contribution in [-0.2, 0) is 9.53 Å². The number of carbonyl (C=O) groups excluding carboxylic acids is 1. The van der Waals surface area contributed by atoms with Gasteiger partial charge in [0.15, 0.2) is 0 Å². The van der Waals surface area contributed by atoms with Crippen molar-refractivity contribution in [2.24, 2.45) is 44.8 Å². The van der Waals surface area contributed by atoms with Gasteiger partial charge in [0.25, 0.3) is 0 Å². The number of carbonyl (C=O) groups is 1. The normalized spacial score (nSPS) is 59.6. The first-order chi connectivity index (χ1) is 16.4.